The number of Topliss-reactive ketones (excluding diaryl/α,β-unsaturated/α-hetero) is 1. The maximum absolute atomic E-state index is 13.7. The summed E-state index contributed by atoms with van der Waals surface area (Å²) in [6.45, 7) is 19.7. The highest BCUT2D eigenvalue weighted by Gasteiger charge is 2.68. The largest absolute Gasteiger partial charge is 0.461 e. The normalized spacial score (nSPS) is 37.8. The summed E-state index contributed by atoms with van der Waals surface area (Å²) in [6, 6.07) is 2.08. The molecular formula is C34H48N4O4S2. The molecule has 44 heavy (non-hydrogen) atoms. The monoisotopic (exact) mass is 640 g/mol. The third kappa shape index (κ3) is 5.12. The number of likely N-dealkylation sites (N-methyl/N-ethyl adjacent to an activating group) is 1. The number of piperazine rings is 1. The average molecular weight is 641 g/mol. The minimum atomic E-state index is -0.675. The molecule has 0 amide bonds. The highest BCUT2D eigenvalue weighted by Crippen LogP contribution is 2.68. The van der Waals surface area contributed by atoms with Crippen molar-refractivity contribution in [3.63, 3.8) is 0 Å². The molecule has 1 N–H and O–H groups in total. The van der Waals surface area contributed by atoms with Crippen molar-refractivity contribution in [1.29, 1.82) is 0 Å². The molecular weight excluding hydrogens is 593 g/mol. The van der Waals surface area contributed by atoms with E-state index in [0.29, 0.717) is 18.0 Å². The van der Waals surface area contributed by atoms with E-state index in [-0.39, 0.29) is 40.7 Å². The second kappa shape index (κ2) is 12.0. The molecule has 2 aromatic heterocycles. The highest BCUT2D eigenvalue weighted by molar-refractivity contribution is 7.99. The van der Waals surface area contributed by atoms with E-state index in [0.717, 1.165) is 68.0 Å². The number of anilines is 1. The molecule has 2 bridgehead atoms. The highest BCUT2D eigenvalue weighted by atomic mass is 32.2. The van der Waals surface area contributed by atoms with Crippen LogP contribution in [0, 0.1) is 34.0 Å². The fourth-order valence-electron chi connectivity index (χ4n) is 9.22. The number of esters is 1. The topological polar surface area (TPSA) is 95.9 Å². The van der Waals surface area contributed by atoms with Crippen LogP contribution in [0.15, 0.2) is 29.3 Å². The lowest BCUT2D eigenvalue weighted by Crippen LogP contribution is -2.63. The van der Waals surface area contributed by atoms with Crippen LogP contribution in [0.1, 0.15) is 66.7 Å². The Morgan fingerprint density at radius 1 is 1.23 bits per heavy atom. The van der Waals surface area contributed by atoms with Crippen molar-refractivity contribution in [3.05, 3.63) is 24.1 Å². The average Bonchev–Trinajstić information content (AvgIpc) is 3.65. The number of hydrogen-bond acceptors (Lipinski definition) is 10. The van der Waals surface area contributed by atoms with Gasteiger partial charge in [0.05, 0.1) is 17.2 Å². The zero-order valence-electron chi connectivity index (χ0n) is 26.9. The second-order valence-corrected chi connectivity index (χ2v) is 16.1. The van der Waals surface area contributed by atoms with Crippen molar-refractivity contribution < 1.29 is 19.4 Å². The van der Waals surface area contributed by atoms with E-state index in [1.807, 2.05) is 18.4 Å². The minimum absolute atomic E-state index is 0.0514. The molecule has 3 heterocycles. The summed E-state index contributed by atoms with van der Waals surface area (Å²) in [6.07, 6.45) is 4.27. The lowest BCUT2D eigenvalue weighted by molar-refractivity contribution is -0.205. The van der Waals surface area contributed by atoms with E-state index in [9.17, 15) is 14.7 Å². The van der Waals surface area contributed by atoms with E-state index in [1.165, 1.54) is 11.8 Å². The first kappa shape index (κ1) is 32.0. The van der Waals surface area contributed by atoms with Gasteiger partial charge in [-0.25, -0.2) is 9.97 Å². The first-order valence-corrected chi connectivity index (χ1v) is 18.2. The zero-order valence-corrected chi connectivity index (χ0v) is 28.5. The van der Waals surface area contributed by atoms with Crippen molar-refractivity contribution in [1.82, 2.24) is 14.9 Å². The number of aliphatic hydroxyl groups is 1. The van der Waals surface area contributed by atoms with Crippen LogP contribution in [-0.4, -0.2) is 82.4 Å². The number of ketones is 1. The number of hydrogen-bond donors (Lipinski definition) is 1. The van der Waals surface area contributed by atoms with E-state index in [2.05, 4.69) is 50.1 Å². The van der Waals surface area contributed by atoms with Gasteiger partial charge in [0.2, 0.25) is 0 Å². The van der Waals surface area contributed by atoms with Crippen LogP contribution >= 0.6 is 23.1 Å². The lowest BCUT2D eigenvalue weighted by atomic mass is 9.44. The molecule has 240 valence electrons. The van der Waals surface area contributed by atoms with Crippen molar-refractivity contribution in [2.75, 3.05) is 43.4 Å². The summed E-state index contributed by atoms with van der Waals surface area (Å²) in [5, 5.41) is 15.5. The molecule has 1 aliphatic heterocycles. The number of carbonyl (C=O) groups is 2. The Morgan fingerprint density at radius 2 is 1.98 bits per heavy atom. The van der Waals surface area contributed by atoms with Crippen molar-refractivity contribution in [2.45, 2.75) is 84.1 Å². The maximum atomic E-state index is 13.7. The number of ether oxygens (including phenoxy) is 1. The van der Waals surface area contributed by atoms with E-state index in [4.69, 9.17) is 14.7 Å². The standard InChI is InChI=1S/C34H48N4O4S2/c1-7-32(5)19-25(33(6)21(3)9-12-34(22(4)28(32)41)13-10-24(39)27(33)34)42-26(40)20-44-31-35-29(23-11-18-43-30(23)36-31)38-16-14-37(8-2)15-17-38/h7,11,18,21-22,25,27-28,41H,1,8-10,12-17,19-20H2,2-6H3/t21-,22+,25-,27+,28+,32-,33+,34+/m1/s1. The van der Waals surface area contributed by atoms with Crippen LogP contribution in [0.4, 0.5) is 5.82 Å². The number of thiophene rings is 1. The molecule has 0 aromatic carbocycles. The molecule has 4 fully saturated rings. The summed E-state index contributed by atoms with van der Waals surface area (Å²) in [5.41, 5.74) is -1.46. The number of aromatic nitrogens is 2. The fourth-order valence-corrected chi connectivity index (χ4v) is 10.7. The molecule has 0 spiro atoms. The Hall–Kier alpha value is -2.01. The van der Waals surface area contributed by atoms with Crippen LogP contribution in [-0.2, 0) is 14.3 Å². The van der Waals surface area contributed by atoms with Crippen LogP contribution in [0.5, 0.6) is 0 Å². The van der Waals surface area contributed by atoms with Gasteiger partial charge in [0.25, 0.3) is 0 Å². The lowest BCUT2D eigenvalue weighted by Gasteiger charge is -2.61. The summed E-state index contributed by atoms with van der Waals surface area (Å²) in [7, 11) is 0. The SMILES string of the molecule is C=C[C@]1(C)C[C@@H](OC(=O)CSc2nc(N3CCN(CC)CC3)c3ccsc3n2)[C@]2(C)[C@H](C)CC[C@]3(CCC(=O)[C@H]32)[C@@H](C)[C@@H]1O. The molecule has 10 heteroatoms. The number of carbonyl (C=O) groups excluding carboxylic acids is 2. The van der Waals surface area contributed by atoms with Gasteiger partial charge < -0.3 is 19.6 Å². The van der Waals surface area contributed by atoms with Gasteiger partial charge in [0.1, 0.15) is 22.5 Å². The van der Waals surface area contributed by atoms with Crippen LogP contribution < -0.4 is 4.90 Å². The van der Waals surface area contributed by atoms with E-state index >= 15 is 0 Å². The number of fused-ring (bicyclic) bond motifs is 1. The van der Waals surface area contributed by atoms with Gasteiger partial charge in [-0.2, -0.15) is 0 Å². The van der Waals surface area contributed by atoms with Crippen LogP contribution in [0.3, 0.4) is 0 Å². The first-order valence-electron chi connectivity index (χ1n) is 16.4. The quantitative estimate of drug-likeness (QED) is 0.174. The third-order valence-corrected chi connectivity index (χ3v) is 13.9. The van der Waals surface area contributed by atoms with Crippen LogP contribution in [0.2, 0.25) is 0 Å². The predicted octanol–water partition coefficient (Wildman–Crippen LogP) is 5.83. The summed E-state index contributed by atoms with van der Waals surface area (Å²) in [5.74, 6) is 0.859. The van der Waals surface area contributed by atoms with Crippen LogP contribution in [0.25, 0.3) is 10.2 Å². The van der Waals surface area contributed by atoms with Gasteiger partial charge in [-0.3, -0.25) is 9.59 Å². The maximum Gasteiger partial charge on any atom is 0.316 e. The van der Waals surface area contributed by atoms with Gasteiger partial charge in [0.15, 0.2) is 5.16 Å². The molecule has 1 saturated heterocycles. The van der Waals surface area contributed by atoms with Gasteiger partial charge in [-0.15, -0.1) is 17.9 Å². The molecule has 3 saturated carbocycles. The third-order valence-electron chi connectivity index (χ3n) is 12.3. The van der Waals surface area contributed by atoms with E-state index in [1.54, 1.807) is 11.3 Å². The Kier molecular flexibility index (Phi) is 8.70. The van der Waals surface area contributed by atoms with Gasteiger partial charge >= 0.3 is 5.97 Å². The Labute approximate surface area is 270 Å². The number of nitrogens with zero attached hydrogens (tertiary/aromatic N) is 4. The molecule has 6 rings (SSSR count). The van der Waals surface area contributed by atoms with Gasteiger partial charge in [-0.1, -0.05) is 52.5 Å². The first-order chi connectivity index (χ1) is 21.0. The Balaban J connectivity index is 1.25. The summed E-state index contributed by atoms with van der Waals surface area (Å²) >= 11 is 2.90. The number of aliphatic hydroxyl groups excluding tert-OH is 1. The van der Waals surface area contributed by atoms with Crippen molar-refractivity contribution in [2.24, 2.45) is 34.0 Å². The van der Waals surface area contributed by atoms with Crippen molar-refractivity contribution in [3.8, 4) is 0 Å². The molecule has 8 nitrogen and oxygen atoms in total. The fraction of sp³-hybridized carbons (Fsp3) is 0.706. The van der Waals surface area contributed by atoms with E-state index < -0.39 is 23.0 Å². The van der Waals surface area contributed by atoms with Crippen molar-refractivity contribution >= 4 is 50.9 Å². The second-order valence-electron chi connectivity index (χ2n) is 14.2. The minimum Gasteiger partial charge on any atom is -0.461 e. The Morgan fingerprint density at radius 3 is 2.68 bits per heavy atom. The molecule has 4 aliphatic rings. The number of rotatable bonds is 7. The molecule has 8 atom stereocenters. The zero-order chi connectivity index (χ0) is 31.4. The molecule has 3 aliphatic carbocycles. The predicted molar refractivity (Wildman–Crippen MR) is 177 cm³/mol. The smallest absolute Gasteiger partial charge is 0.316 e. The van der Waals surface area contributed by atoms with Gasteiger partial charge in [0, 0.05) is 49.3 Å². The summed E-state index contributed by atoms with van der Waals surface area (Å²) in [4.78, 5) is 42.8. The Bertz CT molecular complexity index is 1430. The molecule has 0 unspecified atom stereocenters. The number of thioether (sulfide) groups is 1. The van der Waals surface area contributed by atoms with Gasteiger partial charge in [-0.05, 0) is 60.9 Å². The molecule has 2 aromatic rings. The summed E-state index contributed by atoms with van der Waals surface area (Å²) < 4.78 is 6.45. The molecule has 0 radical (unpaired) electrons.